The van der Waals surface area contributed by atoms with Gasteiger partial charge in [-0.2, -0.15) is 0 Å². The van der Waals surface area contributed by atoms with E-state index in [4.69, 9.17) is 11.6 Å². The summed E-state index contributed by atoms with van der Waals surface area (Å²) < 4.78 is 1.74. The normalized spacial score (nSPS) is 14.6. The molecule has 1 aliphatic heterocycles. The predicted octanol–water partition coefficient (Wildman–Crippen LogP) is 2.58. The van der Waals surface area contributed by atoms with Crippen LogP contribution in [0.15, 0.2) is 30.5 Å². The lowest BCUT2D eigenvalue weighted by atomic mass is 10.1. The monoisotopic (exact) mass is 375 g/mol. The SMILES string of the molecule is Cc1cn(C)c(CC(=O)N2CCN(c3cccc(Cl)c3)CC2)c1C(=O)O. The van der Waals surface area contributed by atoms with E-state index in [2.05, 4.69) is 4.90 Å². The van der Waals surface area contributed by atoms with Gasteiger partial charge in [-0.1, -0.05) is 17.7 Å². The van der Waals surface area contributed by atoms with Gasteiger partial charge in [0, 0.05) is 55.8 Å². The fraction of sp³-hybridized carbons (Fsp3) is 0.368. The first-order chi connectivity index (χ1) is 12.4. The third-order valence-corrected chi connectivity index (χ3v) is 5.07. The molecule has 0 aliphatic carbocycles. The maximum Gasteiger partial charge on any atom is 0.337 e. The van der Waals surface area contributed by atoms with E-state index in [9.17, 15) is 14.7 Å². The van der Waals surface area contributed by atoms with Gasteiger partial charge < -0.3 is 19.5 Å². The Morgan fingerprint density at radius 1 is 1.19 bits per heavy atom. The molecule has 0 atom stereocenters. The van der Waals surface area contributed by atoms with Crippen LogP contribution in [0, 0.1) is 6.92 Å². The van der Waals surface area contributed by atoms with Crippen LogP contribution in [0.25, 0.3) is 0 Å². The Morgan fingerprint density at radius 3 is 2.50 bits per heavy atom. The molecule has 6 nitrogen and oxygen atoms in total. The summed E-state index contributed by atoms with van der Waals surface area (Å²) in [5.41, 5.74) is 2.51. The molecule has 0 unspecified atom stereocenters. The fourth-order valence-corrected chi connectivity index (χ4v) is 3.67. The van der Waals surface area contributed by atoms with E-state index in [0.717, 1.165) is 18.8 Å². The molecular formula is C19H22ClN3O3. The van der Waals surface area contributed by atoms with E-state index < -0.39 is 5.97 Å². The second kappa shape index (κ2) is 7.41. The number of amides is 1. The van der Waals surface area contributed by atoms with E-state index >= 15 is 0 Å². The summed E-state index contributed by atoms with van der Waals surface area (Å²) in [6.45, 7) is 4.42. The van der Waals surface area contributed by atoms with Gasteiger partial charge in [0.1, 0.15) is 0 Å². The van der Waals surface area contributed by atoms with Crippen LogP contribution in [0.3, 0.4) is 0 Å². The highest BCUT2D eigenvalue weighted by atomic mass is 35.5. The topological polar surface area (TPSA) is 65.8 Å². The highest BCUT2D eigenvalue weighted by Gasteiger charge is 2.25. The van der Waals surface area contributed by atoms with Gasteiger partial charge in [0.2, 0.25) is 5.91 Å². The minimum absolute atomic E-state index is 0.0422. The Hall–Kier alpha value is -2.47. The summed E-state index contributed by atoms with van der Waals surface area (Å²) >= 11 is 6.05. The number of hydrogen-bond donors (Lipinski definition) is 1. The molecule has 0 radical (unpaired) electrons. The van der Waals surface area contributed by atoms with Crippen LogP contribution in [-0.4, -0.2) is 52.6 Å². The predicted molar refractivity (Wildman–Crippen MR) is 101 cm³/mol. The number of carbonyl (C=O) groups is 2. The third kappa shape index (κ3) is 3.70. The molecule has 1 fully saturated rings. The standard InChI is InChI=1S/C19H22ClN3O3/c1-13-12-21(2)16(18(13)19(25)26)11-17(24)23-8-6-22(7-9-23)15-5-3-4-14(20)10-15/h3-5,10,12H,6-9,11H2,1-2H3,(H,25,26). The lowest BCUT2D eigenvalue weighted by Crippen LogP contribution is -2.49. The van der Waals surface area contributed by atoms with Gasteiger partial charge in [-0.25, -0.2) is 4.79 Å². The molecule has 3 rings (SSSR count). The van der Waals surface area contributed by atoms with Crippen LogP contribution in [0.2, 0.25) is 5.02 Å². The summed E-state index contributed by atoms with van der Waals surface area (Å²) in [5.74, 6) is -1.03. The van der Waals surface area contributed by atoms with Gasteiger partial charge in [0.05, 0.1) is 12.0 Å². The molecule has 26 heavy (non-hydrogen) atoms. The van der Waals surface area contributed by atoms with Crippen LogP contribution in [0.5, 0.6) is 0 Å². The molecule has 1 amide bonds. The zero-order valence-electron chi connectivity index (χ0n) is 14.9. The van der Waals surface area contributed by atoms with Gasteiger partial charge in [-0.15, -0.1) is 0 Å². The van der Waals surface area contributed by atoms with E-state index in [1.807, 2.05) is 24.3 Å². The smallest absolute Gasteiger partial charge is 0.337 e. The largest absolute Gasteiger partial charge is 0.478 e. The number of halogens is 1. The molecule has 138 valence electrons. The quantitative estimate of drug-likeness (QED) is 0.892. The van der Waals surface area contributed by atoms with Crippen molar-refractivity contribution in [2.24, 2.45) is 7.05 Å². The minimum atomic E-state index is -0.989. The molecule has 2 heterocycles. The number of aryl methyl sites for hydroxylation is 2. The van der Waals surface area contributed by atoms with Crippen molar-refractivity contribution in [2.75, 3.05) is 31.1 Å². The summed E-state index contributed by atoms with van der Waals surface area (Å²) in [6.07, 6.45) is 1.85. The maximum atomic E-state index is 12.7. The van der Waals surface area contributed by atoms with Crippen molar-refractivity contribution in [3.63, 3.8) is 0 Å². The average Bonchev–Trinajstić information content (AvgIpc) is 2.88. The first-order valence-electron chi connectivity index (χ1n) is 8.53. The Kier molecular flexibility index (Phi) is 5.23. The molecule has 0 saturated carbocycles. The molecule has 1 aromatic heterocycles. The molecule has 1 saturated heterocycles. The van der Waals surface area contributed by atoms with E-state index in [1.165, 1.54) is 0 Å². The number of benzene rings is 1. The number of anilines is 1. The van der Waals surface area contributed by atoms with Gasteiger partial charge in [0.25, 0.3) is 0 Å². The molecule has 0 spiro atoms. The Morgan fingerprint density at radius 2 is 1.88 bits per heavy atom. The van der Waals surface area contributed by atoms with E-state index in [-0.39, 0.29) is 17.9 Å². The minimum Gasteiger partial charge on any atom is -0.478 e. The molecule has 7 heteroatoms. The van der Waals surface area contributed by atoms with Crippen molar-refractivity contribution >= 4 is 29.2 Å². The summed E-state index contributed by atoms with van der Waals surface area (Å²) in [7, 11) is 1.78. The molecule has 1 aliphatic rings. The second-order valence-corrected chi connectivity index (χ2v) is 7.01. The lowest BCUT2D eigenvalue weighted by Gasteiger charge is -2.36. The zero-order chi connectivity index (χ0) is 18.8. The van der Waals surface area contributed by atoms with Crippen molar-refractivity contribution in [2.45, 2.75) is 13.3 Å². The molecule has 0 bridgehead atoms. The lowest BCUT2D eigenvalue weighted by molar-refractivity contribution is -0.130. The Balaban J connectivity index is 1.65. The van der Waals surface area contributed by atoms with Gasteiger partial charge in [0.15, 0.2) is 0 Å². The number of carboxylic acids is 1. The van der Waals surface area contributed by atoms with E-state index in [1.54, 1.807) is 29.6 Å². The molecular weight excluding hydrogens is 354 g/mol. The fourth-order valence-electron chi connectivity index (χ4n) is 3.48. The summed E-state index contributed by atoms with van der Waals surface area (Å²) in [4.78, 5) is 28.2. The zero-order valence-corrected chi connectivity index (χ0v) is 15.7. The number of aromatic carboxylic acids is 1. The highest BCUT2D eigenvalue weighted by Crippen LogP contribution is 2.22. The van der Waals surface area contributed by atoms with Crippen LogP contribution in [0.1, 0.15) is 21.6 Å². The number of rotatable bonds is 4. The molecule has 1 N–H and O–H groups in total. The number of piperazine rings is 1. The summed E-state index contributed by atoms with van der Waals surface area (Å²) in [6, 6.07) is 7.69. The van der Waals surface area contributed by atoms with Crippen LogP contribution in [-0.2, 0) is 18.3 Å². The number of nitrogens with zero attached hydrogens (tertiary/aromatic N) is 3. The first kappa shape index (κ1) is 18.3. The van der Waals surface area contributed by atoms with E-state index in [0.29, 0.717) is 29.4 Å². The van der Waals surface area contributed by atoms with Crippen molar-refractivity contribution in [3.05, 3.63) is 52.3 Å². The maximum absolute atomic E-state index is 12.7. The third-order valence-electron chi connectivity index (χ3n) is 4.83. The average molecular weight is 376 g/mol. The van der Waals surface area contributed by atoms with Crippen LogP contribution < -0.4 is 4.90 Å². The van der Waals surface area contributed by atoms with Crippen molar-refractivity contribution in [3.8, 4) is 0 Å². The van der Waals surface area contributed by atoms with Crippen molar-refractivity contribution in [1.82, 2.24) is 9.47 Å². The number of carbonyl (C=O) groups excluding carboxylic acids is 1. The summed E-state index contributed by atoms with van der Waals surface area (Å²) in [5, 5.41) is 10.1. The Labute approximate surface area is 157 Å². The van der Waals surface area contributed by atoms with Gasteiger partial charge in [-0.3, -0.25) is 4.79 Å². The number of aromatic nitrogens is 1. The number of hydrogen-bond acceptors (Lipinski definition) is 3. The molecule has 2 aromatic rings. The van der Waals surface area contributed by atoms with Gasteiger partial charge >= 0.3 is 5.97 Å². The van der Waals surface area contributed by atoms with Gasteiger partial charge in [-0.05, 0) is 30.7 Å². The van der Waals surface area contributed by atoms with Crippen molar-refractivity contribution < 1.29 is 14.7 Å². The highest BCUT2D eigenvalue weighted by molar-refractivity contribution is 6.30. The Bertz CT molecular complexity index is 839. The second-order valence-electron chi connectivity index (χ2n) is 6.57. The first-order valence-corrected chi connectivity index (χ1v) is 8.91. The number of carboxylic acid groups (broad SMARTS) is 1. The van der Waals surface area contributed by atoms with Crippen LogP contribution in [0.4, 0.5) is 5.69 Å². The van der Waals surface area contributed by atoms with Crippen LogP contribution >= 0.6 is 11.6 Å². The van der Waals surface area contributed by atoms with Crippen molar-refractivity contribution in [1.29, 1.82) is 0 Å². The molecule has 1 aromatic carbocycles.